The van der Waals surface area contributed by atoms with Gasteiger partial charge < -0.3 is 4.74 Å². The molecule has 0 aliphatic rings. The quantitative estimate of drug-likeness (QED) is 0.508. The molecule has 0 fully saturated rings. The number of nitrogens with zero attached hydrogens (tertiary/aromatic N) is 1. The Labute approximate surface area is 156 Å². The summed E-state index contributed by atoms with van der Waals surface area (Å²) >= 11 is 0. The molecule has 3 aromatic carbocycles. The molecule has 0 atom stereocenters. The summed E-state index contributed by atoms with van der Waals surface area (Å²) in [5, 5.41) is 0.695. The maximum absolute atomic E-state index is 14.2. The fourth-order valence-electron chi connectivity index (χ4n) is 2.94. The number of halogens is 1. The van der Waals surface area contributed by atoms with Gasteiger partial charge in [-0.25, -0.2) is 16.8 Å². The highest BCUT2D eigenvalue weighted by Crippen LogP contribution is 2.31. The average molecular weight is 381 g/mol. The van der Waals surface area contributed by atoms with Gasteiger partial charge in [-0.05, 0) is 23.8 Å². The summed E-state index contributed by atoms with van der Waals surface area (Å²) < 4.78 is 47.5. The molecule has 0 spiro atoms. The van der Waals surface area contributed by atoms with Crippen molar-refractivity contribution in [3.8, 4) is 5.88 Å². The first-order valence-corrected chi connectivity index (χ1v) is 9.79. The summed E-state index contributed by atoms with van der Waals surface area (Å²) in [7, 11) is -4.17. The van der Waals surface area contributed by atoms with E-state index in [9.17, 15) is 12.8 Å². The van der Waals surface area contributed by atoms with Gasteiger partial charge in [0.2, 0.25) is 5.88 Å². The number of hydrogen-bond acceptors (Lipinski definition) is 3. The van der Waals surface area contributed by atoms with Crippen molar-refractivity contribution in [3.63, 3.8) is 0 Å². The number of aromatic nitrogens is 1. The zero-order chi connectivity index (χ0) is 18.9. The van der Waals surface area contributed by atoms with Crippen molar-refractivity contribution in [2.45, 2.75) is 11.5 Å². The van der Waals surface area contributed by atoms with E-state index in [1.165, 1.54) is 18.2 Å². The van der Waals surface area contributed by atoms with Crippen LogP contribution in [0.3, 0.4) is 0 Å². The van der Waals surface area contributed by atoms with E-state index >= 15 is 0 Å². The molecule has 0 aliphatic heterocycles. The third-order valence-electron chi connectivity index (χ3n) is 4.22. The number of rotatable bonds is 5. The Kier molecular flexibility index (Phi) is 4.41. The Hall–Kier alpha value is -3.12. The van der Waals surface area contributed by atoms with Crippen LogP contribution >= 0.6 is 0 Å². The maximum Gasteiger partial charge on any atom is 0.273 e. The van der Waals surface area contributed by atoms with Crippen LogP contribution in [0, 0.1) is 5.82 Å². The Morgan fingerprint density at radius 2 is 1.52 bits per heavy atom. The van der Waals surface area contributed by atoms with Crippen molar-refractivity contribution < 1.29 is 17.5 Å². The molecule has 0 radical (unpaired) electrons. The van der Waals surface area contributed by atoms with E-state index in [4.69, 9.17) is 4.74 Å². The number of ether oxygens (including phenoxy) is 1. The van der Waals surface area contributed by atoms with Crippen LogP contribution in [-0.4, -0.2) is 12.4 Å². The van der Waals surface area contributed by atoms with Crippen molar-refractivity contribution in [1.82, 2.24) is 3.97 Å². The lowest BCUT2D eigenvalue weighted by Gasteiger charge is -2.13. The van der Waals surface area contributed by atoms with Gasteiger partial charge in [-0.1, -0.05) is 60.7 Å². The van der Waals surface area contributed by atoms with Gasteiger partial charge in [0.15, 0.2) is 0 Å². The fourth-order valence-corrected chi connectivity index (χ4v) is 4.47. The highest BCUT2D eigenvalue weighted by Gasteiger charge is 2.26. The minimum absolute atomic E-state index is 0.142. The van der Waals surface area contributed by atoms with Gasteiger partial charge in [-0.2, -0.15) is 0 Å². The summed E-state index contributed by atoms with van der Waals surface area (Å²) in [6.07, 6.45) is 0. The first-order chi connectivity index (χ1) is 13.1. The van der Waals surface area contributed by atoms with E-state index in [1.54, 1.807) is 24.3 Å². The Morgan fingerprint density at radius 1 is 0.852 bits per heavy atom. The molecule has 0 unspecified atom stereocenters. The summed E-state index contributed by atoms with van der Waals surface area (Å²) in [6, 6.07) is 23.4. The second kappa shape index (κ2) is 6.89. The molecule has 6 heteroatoms. The van der Waals surface area contributed by atoms with Crippen LogP contribution in [0.1, 0.15) is 5.56 Å². The zero-order valence-electron chi connectivity index (χ0n) is 14.2. The second-order valence-corrected chi connectivity index (χ2v) is 7.77. The third-order valence-corrected chi connectivity index (χ3v) is 5.96. The summed E-state index contributed by atoms with van der Waals surface area (Å²) in [6.45, 7) is 0.198. The van der Waals surface area contributed by atoms with Crippen molar-refractivity contribution in [2.75, 3.05) is 0 Å². The van der Waals surface area contributed by atoms with Gasteiger partial charge in [-0.15, -0.1) is 0 Å². The Bertz CT molecular complexity index is 1200. The molecule has 4 aromatic rings. The molecular weight excluding hydrogens is 365 g/mol. The smallest absolute Gasteiger partial charge is 0.273 e. The topological polar surface area (TPSA) is 48.3 Å². The minimum atomic E-state index is -4.17. The Morgan fingerprint density at radius 3 is 2.30 bits per heavy atom. The highest BCUT2D eigenvalue weighted by atomic mass is 32.2. The number of para-hydroxylation sites is 1. The second-order valence-electron chi connectivity index (χ2n) is 6.02. The van der Waals surface area contributed by atoms with Crippen LogP contribution in [-0.2, 0) is 16.6 Å². The molecule has 1 aromatic heterocycles. The van der Waals surface area contributed by atoms with Crippen LogP contribution in [0.15, 0.2) is 89.8 Å². The van der Waals surface area contributed by atoms with Crippen molar-refractivity contribution >= 4 is 20.9 Å². The van der Waals surface area contributed by atoms with Crippen molar-refractivity contribution in [3.05, 3.63) is 96.3 Å². The van der Waals surface area contributed by atoms with E-state index < -0.39 is 20.7 Å². The van der Waals surface area contributed by atoms with Gasteiger partial charge in [-0.3, -0.25) is 0 Å². The predicted octanol–water partition coefficient (Wildman–Crippen LogP) is 4.60. The largest absolute Gasteiger partial charge is 0.473 e. The SMILES string of the molecule is O=S(=O)(c1ccccc1F)n1c(OCc2ccccc2)cc2ccccc21. The monoisotopic (exact) mass is 381 g/mol. The lowest BCUT2D eigenvalue weighted by atomic mass is 10.2. The van der Waals surface area contributed by atoms with E-state index in [2.05, 4.69) is 0 Å². The summed E-state index contributed by atoms with van der Waals surface area (Å²) in [5.41, 5.74) is 1.33. The molecule has 0 N–H and O–H groups in total. The number of hydrogen-bond donors (Lipinski definition) is 0. The van der Waals surface area contributed by atoms with Crippen LogP contribution in [0.2, 0.25) is 0 Å². The zero-order valence-corrected chi connectivity index (χ0v) is 15.1. The van der Waals surface area contributed by atoms with Crippen molar-refractivity contribution in [2.24, 2.45) is 0 Å². The van der Waals surface area contributed by atoms with E-state index in [1.807, 2.05) is 36.4 Å². The van der Waals surface area contributed by atoms with E-state index in [-0.39, 0.29) is 12.5 Å². The summed E-state index contributed by atoms with van der Waals surface area (Å²) in [4.78, 5) is -0.393. The Balaban J connectivity index is 1.85. The molecule has 1 heterocycles. The molecular formula is C21H16FNO3S. The lowest BCUT2D eigenvalue weighted by molar-refractivity contribution is 0.292. The fraction of sp³-hybridized carbons (Fsp3) is 0.0476. The van der Waals surface area contributed by atoms with Crippen LogP contribution < -0.4 is 4.74 Å². The molecule has 27 heavy (non-hydrogen) atoms. The van der Waals surface area contributed by atoms with Crippen LogP contribution in [0.4, 0.5) is 4.39 Å². The minimum Gasteiger partial charge on any atom is -0.473 e. The van der Waals surface area contributed by atoms with Gasteiger partial charge in [0, 0.05) is 11.5 Å². The van der Waals surface area contributed by atoms with Gasteiger partial charge in [0.1, 0.15) is 17.3 Å². The van der Waals surface area contributed by atoms with Gasteiger partial charge >= 0.3 is 0 Å². The van der Waals surface area contributed by atoms with E-state index in [0.717, 1.165) is 15.6 Å². The molecule has 4 rings (SSSR count). The van der Waals surface area contributed by atoms with Crippen molar-refractivity contribution in [1.29, 1.82) is 0 Å². The maximum atomic E-state index is 14.2. The lowest BCUT2D eigenvalue weighted by Crippen LogP contribution is -2.16. The molecule has 0 saturated carbocycles. The average Bonchev–Trinajstić information content (AvgIpc) is 3.06. The third kappa shape index (κ3) is 3.19. The van der Waals surface area contributed by atoms with Crippen LogP contribution in [0.25, 0.3) is 10.9 Å². The standard InChI is InChI=1S/C21H16FNO3S/c22-18-11-5-7-13-20(18)27(24,25)23-19-12-6-4-10-17(19)14-21(23)26-15-16-8-2-1-3-9-16/h1-14H,15H2. The first kappa shape index (κ1) is 17.3. The van der Waals surface area contributed by atoms with E-state index in [0.29, 0.717) is 10.9 Å². The van der Waals surface area contributed by atoms with Crippen LogP contribution in [0.5, 0.6) is 5.88 Å². The first-order valence-electron chi connectivity index (χ1n) is 8.35. The molecule has 0 amide bonds. The number of benzene rings is 3. The molecule has 0 saturated heterocycles. The van der Waals surface area contributed by atoms with Gasteiger partial charge in [0.25, 0.3) is 10.0 Å². The summed E-state index contributed by atoms with van der Waals surface area (Å²) in [5.74, 6) is -0.660. The number of fused-ring (bicyclic) bond motifs is 1. The van der Waals surface area contributed by atoms with Gasteiger partial charge in [0.05, 0.1) is 5.52 Å². The normalized spacial score (nSPS) is 11.6. The molecule has 0 aliphatic carbocycles. The molecule has 4 nitrogen and oxygen atoms in total. The predicted molar refractivity (Wildman–Crippen MR) is 102 cm³/mol. The highest BCUT2D eigenvalue weighted by molar-refractivity contribution is 7.90. The molecule has 0 bridgehead atoms. The molecule has 136 valence electrons.